The Morgan fingerprint density at radius 2 is 1.52 bits per heavy atom. The van der Waals surface area contributed by atoms with Crippen molar-refractivity contribution in [2.45, 2.75) is 101 Å². The van der Waals surface area contributed by atoms with Crippen molar-refractivity contribution >= 4 is 11.8 Å². The van der Waals surface area contributed by atoms with E-state index < -0.39 is 80.0 Å². The first-order valence-electron chi connectivity index (χ1n) is 13.7. The van der Waals surface area contributed by atoms with E-state index in [0.29, 0.717) is 17.6 Å². The molecule has 13 heteroatoms. The summed E-state index contributed by atoms with van der Waals surface area (Å²) in [7, 11) is 0. The molecule has 3 heterocycles. The Bertz CT molecular complexity index is 1060. The van der Waals surface area contributed by atoms with Crippen LogP contribution in [-0.4, -0.2) is 123 Å². The molecule has 5 aliphatic rings. The Labute approximate surface area is 230 Å². The standard InChI is InChI=1S/C27H38O13/c1-9-4-5-13-10(2)25(35)40-24(13)17-12(6-14(28)16(9)17)7-36-27-23(34)21(32)19(30)15(39-27)8-37-26-22(33)20(31)18(29)11(3)38-26/h6,10-11,13,15,17-24,26-27,29-34H,4-5,7-8H2,1-3H3. The summed E-state index contributed by atoms with van der Waals surface area (Å²) in [6, 6.07) is 0. The van der Waals surface area contributed by atoms with Crippen molar-refractivity contribution in [3.63, 3.8) is 0 Å². The lowest BCUT2D eigenvalue weighted by atomic mass is 9.81. The molecule has 2 aliphatic carbocycles. The van der Waals surface area contributed by atoms with Gasteiger partial charge in [-0.2, -0.15) is 0 Å². The quantitative estimate of drug-likeness (QED) is 0.193. The van der Waals surface area contributed by atoms with Crippen LogP contribution < -0.4 is 0 Å². The Hall–Kier alpha value is -1.78. The third-order valence-corrected chi connectivity index (χ3v) is 8.94. The molecule has 5 rings (SSSR count). The van der Waals surface area contributed by atoms with Crippen LogP contribution in [0, 0.1) is 17.8 Å². The number of fused-ring (bicyclic) bond motifs is 3. The lowest BCUT2D eigenvalue weighted by Crippen LogP contribution is -2.61. The van der Waals surface area contributed by atoms with Crippen LogP contribution in [0.25, 0.3) is 0 Å². The molecule has 3 fully saturated rings. The van der Waals surface area contributed by atoms with E-state index in [-0.39, 0.29) is 30.2 Å². The Kier molecular flexibility index (Phi) is 8.52. The number of rotatable bonds is 6. The number of aliphatic hydroxyl groups is 6. The van der Waals surface area contributed by atoms with Crippen molar-refractivity contribution in [2.24, 2.45) is 17.8 Å². The summed E-state index contributed by atoms with van der Waals surface area (Å²) in [6.45, 7) is 4.61. The topological polar surface area (TPSA) is 202 Å². The number of aliphatic hydroxyl groups excluding tert-OH is 6. The van der Waals surface area contributed by atoms with Gasteiger partial charge in [-0.25, -0.2) is 0 Å². The molecule has 0 radical (unpaired) electrons. The minimum atomic E-state index is -1.67. The van der Waals surface area contributed by atoms with Gasteiger partial charge in [-0.3, -0.25) is 9.59 Å². The number of carbonyl (C=O) groups is 2. The summed E-state index contributed by atoms with van der Waals surface area (Å²) in [5.41, 5.74) is 2.08. The molecule has 0 bridgehead atoms. The van der Waals surface area contributed by atoms with Gasteiger partial charge in [0.15, 0.2) is 18.4 Å². The van der Waals surface area contributed by atoms with Crippen molar-refractivity contribution in [1.82, 2.24) is 0 Å². The molecular formula is C27H38O13. The highest BCUT2D eigenvalue weighted by molar-refractivity contribution is 6.09. The molecule has 40 heavy (non-hydrogen) atoms. The molecule has 3 aliphatic heterocycles. The van der Waals surface area contributed by atoms with Crippen molar-refractivity contribution < 1.29 is 63.9 Å². The van der Waals surface area contributed by atoms with Crippen LogP contribution in [0.15, 0.2) is 22.8 Å². The summed E-state index contributed by atoms with van der Waals surface area (Å²) in [4.78, 5) is 25.3. The zero-order chi connectivity index (χ0) is 29.0. The summed E-state index contributed by atoms with van der Waals surface area (Å²) in [5, 5.41) is 61.5. The van der Waals surface area contributed by atoms with Crippen LogP contribution in [-0.2, 0) is 33.3 Å². The predicted octanol–water partition coefficient (Wildman–Crippen LogP) is -1.93. The Morgan fingerprint density at radius 3 is 2.23 bits per heavy atom. The van der Waals surface area contributed by atoms with Gasteiger partial charge >= 0.3 is 5.97 Å². The normalized spacial score (nSPS) is 47.5. The minimum Gasteiger partial charge on any atom is -0.461 e. The van der Waals surface area contributed by atoms with Crippen LogP contribution in [0.4, 0.5) is 0 Å². The van der Waals surface area contributed by atoms with Crippen molar-refractivity contribution in [3.05, 3.63) is 22.8 Å². The largest absolute Gasteiger partial charge is 0.461 e. The maximum atomic E-state index is 13.0. The van der Waals surface area contributed by atoms with Gasteiger partial charge in [0.2, 0.25) is 0 Å². The molecule has 0 aromatic rings. The third kappa shape index (κ3) is 5.17. The maximum Gasteiger partial charge on any atom is 0.309 e. The fourth-order valence-electron chi connectivity index (χ4n) is 6.40. The molecule has 14 atom stereocenters. The summed E-state index contributed by atoms with van der Waals surface area (Å²) in [6.07, 6.45) is -11.8. The van der Waals surface area contributed by atoms with E-state index in [2.05, 4.69) is 0 Å². The van der Waals surface area contributed by atoms with E-state index in [1.54, 1.807) is 0 Å². The van der Waals surface area contributed by atoms with Crippen molar-refractivity contribution in [1.29, 1.82) is 0 Å². The summed E-state index contributed by atoms with van der Waals surface area (Å²) in [5.74, 6) is -1.33. The minimum absolute atomic E-state index is 0.0611. The molecule has 3 saturated heterocycles. The Morgan fingerprint density at radius 1 is 0.875 bits per heavy atom. The molecule has 0 saturated carbocycles. The van der Waals surface area contributed by atoms with Gasteiger partial charge < -0.3 is 54.3 Å². The monoisotopic (exact) mass is 570 g/mol. The van der Waals surface area contributed by atoms with E-state index >= 15 is 0 Å². The second-order valence-electron chi connectivity index (χ2n) is 11.5. The van der Waals surface area contributed by atoms with Crippen LogP contribution in [0.5, 0.6) is 0 Å². The molecular weight excluding hydrogens is 532 g/mol. The number of ether oxygens (including phenoxy) is 5. The molecule has 6 N–H and O–H groups in total. The van der Waals surface area contributed by atoms with Crippen molar-refractivity contribution in [3.8, 4) is 0 Å². The zero-order valence-corrected chi connectivity index (χ0v) is 22.5. The number of allylic oxidation sites excluding steroid dienone is 2. The van der Waals surface area contributed by atoms with E-state index in [0.717, 1.165) is 12.0 Å². The first-order chi connectivity index (χ1) is 18.9. The Balaban J connectivity index is 1.26. The van der Waals surface area contributed by atoms with Gasteiger partial charge in [0.05, 0.1) is 25.2 Å². The molecule has 0 spiro atoms. The lowest BCUT2D eigenvalue weighted by Gasteiger charge is -2.42. The highest BCUT2D eigenvalue weighted by Crippen LogP contribution is 2.48. The molecule has 224 valence electrons. The zero-order valence-electron chi connectivity index (χ0n) is 22.5. The SMILES string of the molecule is CC1=C2C(=O)C=C(COC3OC(COC4OC(C)C(O)C(O)C4O)C(O)C(O)C3O)C2C2OC(=O)C(C)C2CC1. The lowest BCUT2D eigenvalue weighted by molar-refractivity contribution is -0.327. The maximum absolute atomic E-state index is 13.0. The molecule has 0 aromatic carbocycles. The fourth-order valence-corrected chi connectivity index (χ4v) is 6.40. The highest BCUT2D eigenvalue weighted by Gasteiger charge is 2.52. The summed E-state index contributed by atoms with van der Waals surface area (Å²) < 4.78 is 28.1. The molecule has 14 unspecified atom stereocenters. The second-order valence-corrected chi connectivity index (χ2v) is 11.5. The van der Waals surface area contributed by atoms with Gasteiger partial charge in [-0.05, 0) is 38.3 Å². The first kappa shape index (κ1) is 29.7. The number of ketones is 1. The number of hydrogen-bond acceptors (Lipinski definition) is 13. The summed E-state index contributed by atoms with van der Waals surface area (Å²) >= 11 is 0. The number of carbonyl (C=O) groups excluding carboxylic acids is 2. The smallest absolute Gasteiger partial charge is 0.309 e. The molecule has 0 aromatic heterocycles. The van der Waals surface area contributed by atoms with Gasteiger partial charge in [0.1, 0.15) is 48.8 Å². The predicted molar refractivity (Wildman–Crippen MR) is 132 cm³/mol. The molecule has 13 nitrogen and oxygen atoms in total. The molecule has 0 amide bonds. The van der Waals surface area contributed by atoms with E-state index in [4.69, 9.17) is 23.7 Å². The number of esters is 1. The van der Waals surface area contributed by atoms with E-state index in [1.807, 2.05) is 13.8 Å². The third-order valence-electron chi connectivity index (χ3n) is 8.94. The average Bonchev–Trinajstić information content (AvgIpc) is 3.35. The van der Waals surface area contributed by atoms with Gasteiger partial charge in [-0.15, -0.1) is 0 Å². The van der Waals surface area contributed by atoms with Crippen LogP contribution in [0.1, 0.15) is 33.6 Å². The van der Waals surface area contributed by atoms with Crippen molar-refractivity contribution in [2.75, 3.05) is 13.2 Å². The van der Waals surface area contributed by atoms with Gasteiger partial charge in [0, 0.05) is 17.4 Å². The van der Waals surface area contributed by atoms with E-state index in [1.165, 1.54) is 13.0 Å². The van der Waals surface area contributed by atoms with E-state index in [9.17, 15) is 40.2 Å². The van der Waals surface area contributed by atoms with Crippen LogP contribution >= 0.6 is 0 Å². The highest BCUT2D eigenvalue weighted by atomic mass is 16.7. The average molecular weight is 571 g/mol. The second kappa shape index (κ2) is 11.5. The first-order valence-corrected chi connectivity index (χ1v) is 13.7. The number of hydrogen-bond donors (Lipinski definition) is 6. The van der Waals surface area contributed by atoms with Crippen LogP contribution in [0.3, 0.4) is 0 Å². The fraction of sp³-hybridized carbons (Fsp3) is 0.778. The van der Waals surface area contributed by atoms with Gasteiger partial charge in [-0.1, -0.05) is 12.5 Å². The van der Waals surface area contributed by atoms with Crippen LogP contribution in [0.2, 0.25) is 0 Å². The van der Waals surface area contributed by atoms with Gasteiger partial charge in [0.25, 0.3) is 0 Å².